The zero-order chi connectivity index (χ0) is 10.7. The van der Waals surface area contributed by atoms with Crippen LogP contribution in [-0.4, -0.2) is 9.97 Å². The van der Waals surface area contributed by atoms with E-state index in [9.17, 15) is 0 Å². The van der Waals surface area contributed by atoms with Crippen molar-refractivity contribution in [2.75, 3.05) is 0 Å². The average molecular weight is 196 g/mol. The van der Waals surface area contributed by atoms with Crippen LogP contribution in [0.25, 0.3) is 17.0 Å². The lowest BCUT2D eigenvalue weighted by Gasteiger charge is -2.02. The molecule has 0 aliphatic heterocycles. The summed E-state index contributed by atoms with van der Waals surface area (Å²) in [5, 5.41) is 0. The van der Waals surface area contributed by atoms with Crippen LogP contribution in [0.4, 0.5) is 0 Å². The predicted molar refractivity (Wildman–Crippen MR) is 62.2 cm³/mol. The van der Waals surface area contributed by atoms with E-state index in [1.807, 2.05) is 37.3 Å². The van der Waals surface area contributed by atoms with Crippen LogP contribution < -0.4 is 0 Å². The summed E-state index contributed by atoms with van der Waals surface area (Å²) < 4.78 is 0. The number of allylic oxidation sites excluding steroid dienone is 1. The van der Waals surface area contributed by atoms with Crippen molar-refractivity contribution in [2.45, 2.75) is 6.92 Å². The lowest BCUT2D eigenvalue weighted by atomic mass is 10.1. The standard InChI is InChI=1S/C13H12N2/c1-10(2)11-6-8-15-13(9-11)12-5-3-4-7-14-12/h3-9H,1H2,2H3. The minimum atomic E-state index is 0.885. The van der Waals surface area contributed by atoms with Gasteiger partial charge < -0.3 is 0 Å². The minimum absolute atomic E-state index is 0.885. The molecule has 0 aliphatic rings. The molecule has 0 aliphatic carbocycles. The predicted octanol–water partition coefficient (Wildman–Crippen LogP) is 3.18. The molecule has 0 aromatic carbocycles. The molecule has 0 amide bonds. The van der Waals surface area contributed by atoms with E-state index in [1.165, 1.54) is 0 Å². The number of aromatic nitrogens is 2. The zero-order valence-corrected chi connectivity index (χ0v) is 8.64. The second-order valence-electron chi connectivity index (χ2n) is 3.43. The normalized spacial score (nSPS) is 9.93. The third-order valence-electron chi connectivity index (χ3n) is 2.18. The summed E-state index contributed by atoms with van der Waals surface area (Å²) in [5.74, 6) is 0. The lowest BCUT2D eigenvalue weighted by Crippen LogP contribution is -1.88. The molecule has 2 aromatic rings. The molecule has 2 aromatic heterocycles. The van der Waals surface area contributed by atoms with Gasteiger partial charge in [-0.1, -0.05) is 18.2 Å². The van der Waals surface area contributed by atoms with Crippen molar-refractivity contribution in [3.63, 3.8) is 0 Å². The highest BCUT2D eigenvalue weighted by atomic mass is 14.8. The molecule has 0 saturated carbocycles. The Balaban J connectivity index is 2.46. The third-order valence-corrected chi connectivity index (χ3v) is 2.18. The van der Waals surface area contributed by atoms with E-state index in [4.69, 9.17) is 0 Å². The highest BCUT2D eigenvalue weighted by Crippen LogP contribution is 2.18. The fourth-order valence-electron chi connectivity index (χ4n) is 1.35. The van der Waals surface area contributed by atoms with E-state index in [1.54, 1.807) is 12.4 Å². The molecular formula is C13H12N2. The molecule has 74 valence electrons. The first kappa shape index (κ1) is 9.59. The number of hydrogen-bond acceptors (Lipinski definition) is 2. The first-order chi connectivity index (χ1) is 7.27. The van der Waals surface area contributed by atoms with Gasteiger partial charge in [-0.15, -0.1) is 0 Å². The Morgan fingerprint density at radius 2 is 1.87 bits per heavy atom. The van der Waals surface area contributed by atoms with E-state index in [0.29, 0.717) is 0 Å². The maximum Gasteiger partial charge on any atom is 0.0892 e. The number of nitrogens with zero attached hydrogens (tertiary/aromatic N) is 2. The number of hydrogen-bond donors (Lipinski definition) is 0. The summed E-state index contributed by atoms with van der Waals surface area (Å²) in [5.41, 5.74) is 3.91. The monoisotopic (exact) mass is 196 g/mol. The van der Waals surface area contributed by atoms with E-state index in [0.717, 1.165) is 22.5 Å². The van der Waals surface area contributed by atoms with Gasteiger partial charge in [0.15, 0.2) is 0 Å². The van der Waals surface area contributed by atoms with Crippen molar-refractivity contribution in [1.29, 1.82) is 0 Å². The summed E-state index contributed by atoms with van der Waals surface area (Å²) in [7, 11) is 0. The highest BCUT2D eigenvalue weighted by molar-refractivity contribution is 5.66. The Bertz CT molecular complexity index is 475. The summed E-state index contributed by atoms with van der Waals surface area (Å²) in [4.78, 5) is 8.55. The van der Waals surface area contributed by atoms with Gasteiger partial charge in [0.1, 0.15) is 0 Å². The summed E-state index contributed by atoms with van der Waals surface area (Å²) >= 11 is 0. The van der Waals surface area contributed by atoms with Crippen LogP contribution in [0.2, 0.25) is 0 Å². The maximum atomic E-state index is 4.29. The second-order valence-corrected chi connectivity index (χ2v) is 3.43. The molecule has 0 saturated heterocycles. The van der Waals surface area contributed by atoms with Gasteiger partial charge in [0.25, 0.3) is 0 Å². The lowest BCUT2D eigenvalue weighted by molar-refractivity contribution is 1.24. The van der Waals surface area contributed by atoms with E-state index in [-0.39, 0.29) is 0 Å². The van der Waals surface area contributed by atoms with Crippen molar-refractivity contribution >= 4 is 5.57 Å². The smallest absolute Gasteiger partial charge is 0.0892 e. The second kappa shape index (κ2) is 4.05. The number of pyridine rings is 2. The summed E-state index contributed by atoms with van der Waals surface area (Å²) in [6.07, 6.45) is 3.55. The summed E-state index contributed by atoms with van der Waals surface area (Å²) in [6.45, 7) is 5.90. The molecule has 0 atom stereocenters. The molecule has 2 rings (SSSR count). The molecule has 0 bridgehead atoms. The molecule has 2 heterocycles. The van der Waals surface area contributed by atoms with Crippen LogP contribution in [0.1, 0.15) is 12.5 Å². The van der Waals surface area contributed by atoms with Crippen molar-refractivity contribution in [2.24, 2.45) is 0 Å². The summed E-state index contributed by atoms with van der Waals surface area (Å²) in [6, 6.07) is 9.76. The van der Waals surface area contributed by atoms with Gasteiger partial charge in [-0.3, -0.25) is 9.97 Å². The Kier molecular flexibility index (Phi) is 2.59. The quantitative estimate of drug-likeness (QED) is 0.737. The van der Waals surface area contributed by atoms with Gasteiger partial charge in [0.2, 0.25) is 0 Å². The molecule has 0 spiro atoms. The van der Waals surface area contributed by atoms with Crippen LogP contribution >= 0.6 is 0 Å². The Labute approximate surface area is 89.3 Å². The third kappa shape index (κ3) is 2.10. The molecule has 15 heavy (non-hydrogen) atoms. The molecule has 0 unspecified atom stereocenters. The van der Waals surface area contributed by atoms with Crippen molar-refractivity contribution in [3.05, 3.63) is 54.9 Å². The van der Waals surface area contributed by atoms with Gasteiger partial charge in [-0.2, -0.15) is 0 Å². The fraction of sp³-hybridized carbons (Fsp3) is 0.0769. The first-order valence-electron chi connectivity index (χ1n) is 4.81. The highest BCUT2D eigenvalue weighted by Gasteiger charge is 2.01. The van der Waals surface area contributed by atoms with Gasteiger partial charge >= 0.3 is 0 Å². The largest absolute Gasteiger partial charge is 0.255 e. The minimum Gasteiger partial charge on any atom is -0.255 e. The first-order valence-corrected chi connectivity index (χ1v) is 4.81. The fourth-order valence-corrected chi connectivity index (χ4v) is 1.35. The van der Waals surface area contributed by atoms with Gasteiger partial charge in [-0.25, -0.2) is 0 Å². The maximum absolute atomic E-state index is 4.29. The van der Waals surface area contributed by atoms with Crippen molar-refractivity contribution < 1.29 is 0 Å². The molecule has 0 fully saturated rings. The van der Waals surface area contributed by atoms with E-state index >= 15 is 0 Å². The molecule has 0 N–H and O–H groups in total. The Hall–Kier alpha value is -1.96. The van der Waals surface area contributed by atoms with E-state index in [2.05, 4.69) is 16.5 Å². The Morgan fingerprint density at radius 3 is 2.53 bits per heavy atom. The van der Waals surface area contributed by atoms with E-state index < -0.39 is 0 Å². The topological polar surface area (TPSA) is 25.8 Å². The number of rotatable bonds is 2. The van der Waals surface area contributed by atoms with Crippen LogP contribution in [0.3, 0.4) is 0 Å². The van der Waals surface area contributed by atoms with Gasteiger partial charge in [-0.05, 0) is 36.8 Å². The zero-order valence-electron chi connectivity index (χ0n) is 8.64. The molecular weight excluding hydrogens is 184 g/mol. The molecule has 2 heteroatoms. The van der Waals surface area contributed by atoms with Gasteiger partial charge in [0.05, 0.1) is 11.4 Å². The molecule has 2 nitrogen and oxygen atoms in total. The van der Waals surface area contributed by atoms with Crippen molar-refractivity contribution in [1.82, 2.24) is 9.97 Å². The SMILES string of the molecule is C=C(C)c1ccnc(-c2ccccn2)c1. The van der Waals surface area contributed by atoms with Crippen molar-refractivity contribution in [3.8, 4) is 11.4 Å². The van der Waals surface area contributed by atoms with Crippen LogP contribution in [0.5, 0.6) is 0 Å². The molecule has 0 radical (unpaired) electrons. The van der Waals surface area contributed by atoms with Crippen LogP contribution in [0.15, 0.2) is 49.3 Å². The van der Waals surface area contributed by atoms with Crippen LogP contribution in [-0.2, 0) is 0 Å². The van der Waals surface area contributed by atoms with Gasteiger partial charge in [0, 0.05) is 12.4 Å². The Morgan fingerprint density at radius 1 is 1.07 bits per heavy atom. The average Bonchev–Trinajstić information content (AvgIpc) is 2.30. The van der Waals surface area contributed by atoms with Crippen LogP contribution in [0, 0.1) is 0 Å².